The van der Waals surface area contributed by atoms with E-state index >= 15 is 0 Å². The Morgan fingerprint density at radius 3 is 2.74 bits per heavy atom. The Hall–Kier alpha value is -2.68. The zero-order valence-corrected chi connectivity index (χ0v) is 18.8. The molecule has 0 N–H and O–H groups in total. The lowest BCUT2D eigenvalue weighted by atomic mass is 10.2. The molecule has 158 valence electrons. The zero-order chi connectivity index (χ0) is 21.8. The number of halogens is 2. The van der Waals surface area contributed by atoms with Gasteiger partial charge in [-0.15, -0.1) is 11.8 Å². The van der Waals surface area contributed by atoms with Crippen LogP contribution in [0.2, 0.25) is 5.02 Å². The summed E-state index contributed by atoms with van der Waals surface area (Å²) in [6.07, 6.45) is 3.40. The molecule has 31 heavy (non-hydrogen) atoms. The van der Waals surface area contributed by atoms with Crippen LogP contribution < -0.4 is 9.64 Å². The average molecular weight is 474 g/mol. The number of thiazole rings is 1. The summed E-state index contributed by atoms with van der Waals surface area (Å²) in [6.45, 7) is 0.316. The van der Waals surface area contributed by atoms with Crippen LogP contribution in [-0.4, -0.2) is 28.7 Å². The number of aromatic nitrogens is 2. The van der Waals surface area contributed by atoms with Crippen molar-refractivity contribution >= 4 is 56.0 Å². The quantitative estimate of drug-likeness (QED) is 0.317. The normalized spacial score (nSPS) is 10.9. The highest BCUT2D eigenvalue weighted by atomic mass is 35.5. The van der Waals surface area contributed by atoms with Crippen molar-refractivity contribution in [1.29, 1.82) is 0 Å². The van der Waals surface area contributed by atoms with Gasteiger partial charge in [-0.3, -0.25) is 14.7 Å². The van der Waals surface area contributed by atoms with Gasteiger partial charge in [-0.25, -0.2) is 9.37 Å². The number of amides is 1. The summed E-state index contributed by atoms with van der Waals surface area (Å²) in [5.74, 6) is 0.324. The van der Waals surface area contributed by atoms with Gasteiger partial charge in [0.05, 0.1) is 29.1 Å². The number of ether oxygens (including phenoxy) is 1. The number of carbonyl (C=O) groups is 1. The van der Waals surface area contributed by atoms with E-state index in [4.69, 9.17) is 16.3 Å². The van der Waals surface area contributed by atoms with Crippen LogP contribution in [0.5, 0.6) is 5.75 Å². The highest BCUT2D eigenvalue weighted by Gasteiger charge is 2.22. The predicted octanol–water partition coefficient (Wildman–Crippen LogP) is 5.82. The first-order valence-electron chi connectivity index (χ1n) is 9.26. The van der Waals surface area contributed by atoms with Gasteiger partial charge in [0.15, 0.2) is 5.13 Å². The minimum atomic E-state index is -0.311. The molecule has 0 aliphatic carbocycles. The number of rotatable bonds is 7. The first-order valence-corrected chi connectivity index (χ1v) is 11.4. The maximum atomic E-state index is 13.2. The fraction of sp³-hybridized carbons (Fsp3) is 0.136. The minimum Gasteiger partial charge on any atom is -0.494 e. The smallest absolute Gasteiger partial charge is 0.239 e. The van der Waals surface area contributed by atoms with Gasteiger partial charge in [0.1, 0.15) is 17.1 Å². The number of methoxy groups -OCH3 is 1. The predicted molar refractivity (Wildman–Crippen MR) is 124 cm³/mol. The van der Waals surface area contributed by atoms with Crippen molar-refractivity contribution in [2.75, 3.05) is 17.8 Å². The van der Waals surface area contributed by atoms with Crippen molar-refractivity contribution < 1.29 is 13.9 Å². The van der Waals surface area contributed by atoms with Crippen molar-refractivity contribution in [1.82, 2.24) is 9.97 Å². The molecule has 0 saturated heterocycles. The number of hydrogen-bond acceptors (Lipinski definition) is 6. The van der Waals surface area contributed by atoms with Gasteiger partial charge in [0.25, 0.3) is 0 Å². The summed E-state index contributed by atoms with van der Waals surface area (Å²) in [5.41, 5.74) is 1.49. The average Bonchev–Trinajstić information content (AvgIpc) is 3.24. The largest absolute Gasteiger partial charge is 0.494 e. The van der Waals surface area contributed by atoms with E-state index in [1.54, 1.807) is 48.7 Å². The molecule has 0 fully saturated rings. The lowest BCUT2D eigenvalue weighted by Crippen LogP contribution is -2.31. The molecule has 0 saturated carbocycles. The first-order chi connectivity index (χ1) is 15.0. The number of thioether (sulfide) groups is 1. The third kappa shape index (κ3) is 4.98. The lowest BCUT2D eigenvalue weighted by molar-refractivity contribution is -0.116. The van der Waals surface area contributed by atoms with Gasteiger partial charge in [0.2, 0.25) is 5.91 Å². The molecule has 1 amide bonds. The third-order valence-corrected chi connectivity index (χ3v) is 6.97. The molecular formula is C22H17ClFN3O2S2. The number of pyridine rings is 1. The van der Waals surface area contributed by atoms with Crippen LogP contribution in [0.3, 0.4) is 0 Å². The van der Waals surface area contributed by atoms with E-state index in [2.05, 4.69) is 9.97 Å². The molecule has 0 bridgehead atoms. The van der Waals surface area contributed by atoms with Crippen molar-refractivity contribution in [2.45, 2.75) is 11.4 Å². The fourth-order valence-corrected chi connectivity index (χ4v) is 4.96. The van der Waals surface area contributed by atoms with Crippen LogP contribution in [0.1, 0.15) is 5.56 Å². The molecule has 0 aliphatic heterocycles. The number of hydrogen-bond donors (Lipinski definition) is 0. The summed E-state index contributed by atoms with van der Waals surface area (Å²) in [5, 5.41) is 1.07. The number of benzene rings is 2. The van der Waals surface area contributed by atoms with Crippen LogP contribution >= 0.6 is 34.7 Å². The van der Waals surface area contributed by atoms with E-state index in [-0.39, 0.29) is 17.5 Å². The Balaban J connectivity index is 1.65. The van der Waals surface area contributed by atoms with E-state index in [0.717, 1.165) is 15.2 Å². The lowest BCUT2D eigenvalue weighted by Gasteiger charge is -2.19. The van der Waals surface area contributed by atoms with E-state index in [9.17, 15) is 9.18 Å². The molecule has 2 aromatic carbocycles. The fourth-order valence-electron chi connectivity index (χ4n) is 2.91. The molecule has 0 unspecified atom stereocenters. The second-order valence-corrected chi connectivity index (χ2v) is 8.94. The van der Waals surface area contributed by atoms with Gasteiger partial charge < -0.3 is 4.74 Å². The van der Waals surface area contributed by atoms with Gasteiger partial charge in [-0.05, 0) is 48.0 Å². The van der Waals surface area contributed by atoms with E-state index in [0.29, 0.717) is 28.0 Å². The van der Waals surface area contributed by atoms with Crippen LogP contribution in [0, 0.1) is 5.82 Å². The molecule has 4 rings (SSSR count). The summed E-state index contributed by atoms with van der Waals surface area (Å²) >= 11 is 9.04. The van der Waals surface area contributed by atoms with Crippen molar-refractivity contribution in [3.63, 3.8) is 0 Å². The molecular weight excluding hydrogens is 457 g/mol. The van der Waals surface area contributed by atoms with Crippen molar-refractivity contribution in [2.24, 2.45) is 0 Å². The Morgan fingerprint density at radius 2 is 2.03 bits per heavy atom. The third-order valence-electron chi connectivity index (χ3n) is 4.44. The number of nitrogens with zero attached hydrogens (tertiary/aromatic N) is 3. The maximum Gasteiger partial charge on any atom is 0.239 e. The highest BCUT2D eigenvalue weighted by Crippen LogP contribution is 2.39. The second-order valence-electron chi connectivity index (χ2n) is 6.51. The Labute approximate surface area is 191 Å². The van der Waals surface area contributed by atoms with Crippen LogP contribution in [0.15, 0.2) is 65.8 Å². The monoisotopic (exact) mass is 473 g/mol. The Kier molecular flexibility index (Phi) is 6.70. The van der Waals surface area contributed by atoms with Gasteiger partial charge in [-0.1, -0.05) is 29.0 Å². The zero-order valence-electron chi connectivity index (χ0n) is 16.4. The number of carbonyl (C=O) groups excluding carboxylic acids is 1. The van der Waals surface area contributed by atoms with E-state index < -0.39 is 0 Å². The molecule has 5 nitrogen and oxygen atoms in total. The van der Waals surface area contributed by atoms with E-state index in [1.807, 2.05) is 12.1 Å². The molecule has 0 aliphatic rings. The first kappa shape index (κ1) is 21.5. The maximum absolute atomic E-state index is 13.2. The number of anilines is 1. The summed E-state index contributed by atoms with van der Waals surface area (Å²) in [7, 11) is 1.57. The molecule has 4 aromatic rings. The van der Waals surface area contributed by atoms with E-state index in [1.165, 1.54) is 35.2 Å². The SMILES string of the molecule is COc1ccc(Cl)c2sc(N(Cc3cccnc3)C(=O)CSc3ccc(F)cc3)nc12. The Bertz CT molecular complexity index is 1200. The standard InChI is InChI=1S/C22H17ClFN3O2S2/c1-29-18-9-8-17(23)21-20(18)26-22(31-21)27(12-14-3-2-10-25-11-14)19(28)13-30-16-6-4-15(24)5-7-16/h2-11H,12-13H2,1H3. The van der Waals surface area contributed by atoms with Gasteiger partial charge in [0, 0.05) is 17.3 Å². The van der Waals surface area contributed by atoms with Crippen molar-refractivity contribution in [3.8, 4) is 5.75 Å². The molecule has 9 heteroatoms. The van der Waals surface area contributed by atoms with Crippen LogP contribution in [0.25, 0.3) is 10.2 Å². The molecule has 0 atom stereocenters. The topological polar surface area (TPSA) is 55.3 Å². The van der Waals surface area contributed by atoms with Gasteiger partial charge in [-0.2, -0.15) is 0 Å². The molecule has 0 spiro atoms. The minimum absolute atomic E-state index is 0.132. The Morgan fingerprint density at radius 1 is 1.23 bits per heavy atom. The molecule has 0 radical (unpaired) electrons. The van der Waals surface area contributed by atoms with Crippen molar-refractivity contribution in [3.05, 3.63) is 77.3 Å². The molecule has 2 heterocycles. The van der Waals surface area contributed by atoms with Crippen LogP contribution in [0.4, 0.5) is 9.52 Å². The second kappa shape index (κ2) is 9.64. The highest BCUT2D eigenvalue weighted by molar-refractivity contribution is 8.00. The molecule has 2 aromatic heterocycles. The summed E-state index contributed by atoms with van der Waals surface area (Å²) in [6, 6.07) is 13.3. The summed E-state index contributed by atoms with van der Waals surface area (Å²) < 4.78 is 19.3. The summed E-state index contributed by atoms with van der Waals surface area (Å²) in [4.78, 5) is 24.5. The number of fused-ring (bicyclic) bond motifs is 1. The van der Waals surface area contributed by atoms with Crippen LogP contribution in [-0.2, 0) is 11.3 Å². The van der Waals surface area contributed by atoms with Gasteiger partial charge >= 0.3 is 0 Å².